The van der Waals surface area contributed by atoms with Gasteiger partial charge in [0, 0.05) is 22.3 Å². The quantitative estimate of drug-likeness (QED) is 0.0426. The van der Waals surface area contributed by atoms with E-state index in [1.807, 2.05) is 60.7 Å². The number of unbranched alkanes of at least 4 members (excludes halogenated alkanes) is 9. The molecule has 0 N–H and O–H groups in total. The molecule has 0 spiro atoms. The number of rotatable bonds is 23. The fourth-order valence-electron chi connectivity index (χ4n) is 7.47. The SMILES string of the molecule is CCCCCCCCC1=C(c2cc(C)cc(CCCC)c2)[N+](=[N-])C(c2cc(C)cc(CCCC)c2)=C1CCCCC.c1ccc([O][Ni][O]c2ccccc2)cc1. The predicted octanol–water partition coefficient (Wildman–Crippen LogP) is 15.5. The van der Waals surface area contributed by atoms with Crippen LogP contribution in [0.3, 0.4) is 0 Å². The van der Waals surface area contributed by atoms with Crippen molar-refractivity contribution in [3.8, 4) is 11.5 Å². The van der Waals surface area contributed by atoms with Crippen molar-refractivity contribution in [2.75, 3.05) is 0 Å². The Balaban J connectivity index is 0.000000384. The summed E-state index contributed by atoms with van der Waals surface area (Å²) in [6.07, 6.45) is 20.4. The van der Waals surface area contributed by atoms with Gasteiger partial charge in [-0.3, -0.25) is 0 Å². The normalized spacial score (nSPS) is 12.6. The summed E-state index contributed by atoms with van der Waals surface area (Å²) in [5, 5.41) is 0. The Hall–Kier alpha value is -3.95. The first-order valence-corrected chi connectivity index (χ1v) is 22.4. The summed E-state index contributed by atoms with van der Waals surface area (Å²) in [7, 11) is 0. The molecule has 4 nitrogen and oxygen atoms in total. The van der Waals surface area contributed by atoms with Gasteiger partial charge in [-0.1, -0.05) is 109 Å². The molecule has 5 heteroatoms. The maximum absolute atomic E-state index is 12.2. The summed E-state index contributed by atoms with van der Waals surface area (Å²) in [5.74, 6) is 1.57. The van der Waals surface area contributed by atoms with Crippen molar-refractivity contribution in [2.45, 2.75) is 151 Å². The molecule has 304 valence electrons. The third kappa shape index (κ3) is 14.5. The molecule has 0 bridgehead atoms. The van der Waals surface area contributed by atoms with Crippen LogP contribution < -0.4 is 7.76 Å². The van der Waals surface area contributed by atoms with Crippen LogP contribution in [0.15, 0.2) is 108 Å². The van der Waals surface area contributed by atoms with Crippen LogP contribution in [-0.4, -0.2) is 4.70 Å². The van der Waals surface area contributed by atoms with Gasteiger partial charge in [-0.05, 0) is 101 Å². The Morgan fingerprint density at radius 2 is 0.857 bits per heavy atom. The van der Waals surface area contributed by atoms with Gasteiger partial charge in [-0.15, -0.1) is 0 Å². The van der Waals surface area contributed by atoms with E-state index in [-0.39, 0.29) is 0 Å². The van der Waals surface area contributed by atoms with Crippen LogP contribution in [0.5, 0.6) is 11.5 Å². The third-order valence-corrected chi connectivity index (χ3v) is 10.9. The molecule has 4 aromatic carbocycles. The van der Waals surface area contributed by atoms with Crippen molar-refractivity contribution in [2.24, 2.45) is 0 Å². The van der Waals surface area contributed by atoms with Crippen molar-refractivity contribution in [1.82, 2.24) is 0 Å². The number of nitrogens with zero attached hydrogens (tertiary/aromatic N) is 2. The van der Waals surface area contributed by atoms with E-state index in [1.54, 1.807) is 4.70 Å². The number of hydrogen-bond donors (Lipinski definition) is 0. The molecule has 0 saturated carbocycles. The van der Waals surface area contributed by atoms with E-state index in [2.05, 4.69) is 77.9 Å². The van der Waals surface area contributed by atoms with Gasteiger partial charge in [-0.25, -0.2) is 4.70 Å². The number of para-hydroxylation sites is 2. The molecule has 0 aromatic heterocycles. The van der Waals surface area contributed by atoms with Crippen LogP contribution in [0.4, 0.5) is 0 Å². The zero-order chi connectivity index (χ0) is 40.0. The van der Waals surface area contributed by atoms with Gasteiger partial charge in [0.15, 0.2) is 0 Å². The molecule has 0 saturated heterocycles. The van der Waals surface area contributed by atoms with Crippen molar-refractivity contribution < 1.29 is 27.5 Å². The van der Waals surface area contributed by atoms with Crippen LogP contribution in [0, 0.1) is 13.8 Å². The molecule has 1 aliphatic rings. The van der Waals surface area contributed by atoms with Crippen molar-refractivity contribution in [1.29, 1.82) is 0 Å². The van der Waals surface area contributed by atoms with Crippen LogP contribution in [-0.2, 0) is 27.9 Å². The summed E-state index contributed by atoms with van der Waals surface area (Å²) in [5.41, 5.74) is 24.7. The topological polar surface area (TPSA) is 43.8 Å². The summed E-state index contributed by atoms with van der Waals surface area (Å²) in [6.45, 7) is 13.5. The molecular formula is C51H68N2NiO2. The first-order chi connectivity index (χ1) is 27.4. The molecule has 0 amide bonds. The van der Waals surface area contributed by atoms with Gasteiger partial charge in [0.25, 0.3) is 0 Å². The average Bonchev–Trinajstić information content (AvgIpc) is 3.48. The molecule has 4 aromatic rings. The van der Waals surface area contributed by atoms with Crippen LogP contribution in [0.2, 0.25) is 0 Å². The van der Waals surface area contributed by atoms with Gasteiger partial charge < -0.3 is 5.53 Å². The molecular weight excluding hydrogens is 731 g/mol. The van der Waals surface area contributed by atoms with E-state index in [0.29, 0.717) is 0 Å². The zero-order valence-electron chi connectivity index (χ0n) is 35.3. The summed E-state index contributed by atoms with van der Waals surface area (Å²) in [4.78, 5) is 0. The predicted molar refractivity (Wildman–Crippen MR) is 233 cm³/mol. The Morgan fingerprint density at radius 1 is 0.464 bits per heavy atom. The van der Waals surface area contributed by atoms with E-state index in [4.69, 9.17) is 7.76 Å². The van der Waals surface area contributed by atoms with Crippen LogP contribution in [0.1, 0.15) is 157 Å². The van der Waals surface area contributed by atoms with Gasteiger partial charge >= 0.3 is 95.0 Å². The second-order valence-corrected chi connectivity index (χ2v) is 15.9. The van der Waals surface area contributed by atoms with E-state index in [0.717, 1.165) is 63.7 Å². The Morgan fingerprint density at radius 3 is 1.30 bits per heavy atom. The molecule has 5 rings (SSSR count). The van der Waals surface area contributed by atoms with E-state index >= 15 is 0 Å². The Labute approximate surface area is 346 Å². The minimum absolute atomic E-state index is 0.777. The van der Waals surface area contributed by atoms with Crippen LogP contribution in [0.25, 0.3) is 16.9 Å². The van der Waals surface area contributed by atoms with Crippen molar-refractivity contribution in [3.05, 3.63) is 147 Å². The molecule has 56 heavy (non-hydrogen) atoms. The second-order valence-electron chi connectivity index (χ2n) is 15.4. The number of aryl methyl sites for hydroxylation is 4. The molecule has 1 aliphatic heterocycles. The van der Waals surface area contributed by atoms with E-state index < -0.39 is 0 Å². The molecule has 0 atom stereocenters. The fraction of sp³-hybridized carbons (Fsp3) is 0.451. The van der Waals surface area contributed by atoms with Gasteiger partial charge in [0.2, 0.25) is 11.4 Å². The summed E-state index contributed by atoms with van der Waals surface area (Å²) < 4.78 is 12.3. The molecule has 0 unspecified atom stereocenters. The van der Waals surface area contributed by atoms with Crippen molar-refractivity contribution in [3.63, 3.8) is 0 Å². The first kappa shape index (κ1) is 44.8. The molecule has 1 heterocycles. The summed E-state index contributed by atoms with van der Waals surface area (Å²) in [6, 6.07) is 33.1. The maximum atomic E-state index is 12.2. The zero-order valence-corrected chi connectivity index (χ0v) is 36.3. The fourth-order valence-corrected chi connectivity index (χ4v) is 7.97. The van der Waals surface area contributed by atoms with Gasteiger partial charge in [0.1, 0.15) is 0 Å². The summed E-state index contributed by atoms with van der Waals surface area (Å²) >= 11 is 0.777. The van der Waals surface area contributed by atoms with Crippen LogP contribution >= 0.6 is 0 Å². The first-order valence-electron chi connectivity index (χ1n) is 21.6. The van der Waals surface area contributed by atoms with Crippen molar-refractivity contribution >= 4 is 11.4 Å². The Bertz CT molecular complexity index is 1790. The second kappa shape index (κ2) is 25.3. The average molecular weight is 800 g/mol. The van der Waals surface area contributed by atoms with E-state index in [9.17, 15) is 5.53 Å². The monoisotopic (exact) mass is 798 g/mol. The van der Waals surface area contributed by atoms with E-state index in [1.165, 1.54) is 128 Å². The number of benzene rings is 4. The van der Waals surface area contributed by atoms with Gasteiger partial charge in [0.05, 0.1) is 0 Å². The minimum atomic E-state index is 0.777. The Kier molecular flexibility index (Phi) is 20.3. The van der Waals surface area contributed by atoms with Gasteiger partial charge in [-0.2, -0.15) is 0 Å². The molecule has 0 radical (unpaired) electrons. The molecule has 0 aliphatic carbocycles. The number of hydrogen-bond acceptors (Lipinski definition) is 2. The third-order valence-electron chi connectivity index (χ3n) is 10.3. The molecule has 0 fully saturated rings. The number of allylic oxidation sites excluding steroid dienone is 2. The standard InChI is InChI=1S/C39H58N2.2C6H6O.Ni/c1-7-11-15-16-17-19-23-37-36(22-18-12-8-2)38(34-26-30(5)24-32(28-34)20-13-9-3)41(40)39(37)35-27-31(6)25-33(29-35)21-14-10-4;2*7-6-4-2-1-3-5-6;/h24-29H,7-23H2,1-6H3;2*1-5,7H;/q;;;+2/p-2.